The fraction of sp³-hybridized carbons (Fsp3) is 0.364. The molecule has 35 heavy (non-hydrogen) atoms. The molecule has 2 aromatic heterocycles. The average Bonchev–Trinajstić information content (AvgIpc) is 3.58. The molecule has 0 bridgehead atoms. The zero-order chi connectivity index (χ0) is 27.4. The van der Waals surface area contributed by atoms with E-state index >= 15 is 0 Å². The highest BCUT2D eigenvalue weighted by Crippen LogP contribution is 2.35. The van der Waals surface area contributed by atoms with Crippen LogP contribution in [0, 0.1) is 5.92 Å². The number of aryl methyl sites for hydroxylation is 1. The van der Waals surface area contributed by atoms with Crippen molar-refractivity contribution in [3.63, 3.8) is 0 Å². The number of aromatic nitrogens is 5. The van der Waals surface area contributed by atoms with Crippen molar-refractivity contribution in [1.29, 1.82) is 0 Å². The van der Waals surface area contributed by atoms with Gasteiger partial charge in [-0.05, 0) is 37.5 Å². The number of alkyl halides is 2. The molecular weight excluding hydrogens is 462 g/mol. The van der Waals surface area contributed by atoms with Gasteiger partial charge < -0.3 is 20.7 Å². The van der Waals surface area contributed by atoms with Crippen LogP contribution in [0.15, 0.2) is 30.6 Å². The number of hydrogen-bond donors (Lipinski definition) is 3. The predicted molar refractivity (Wildman–Crippen MR) is 122 cm³/mol. The molecule has 13 heteroatoms. The quantitative estimate of drug-likeness (QED) is 0.395. The Morgan fingerprint density at radius 1 is 1.26 bits per heavy atom. The first-order chi connectivity index (χ1) is 18.0. The molecule has 3 aromatic rings. The number of carbonyl (C=O) groups is 2. The number of nitrogens with zero attached hydrogens (tertiary/aromatic N) is 5. The molecule has 2 amide bonds. The van der Waals surface area contributed by atoms with Crippen molar-refractivity contribution in [2.45, 2.75) is 39.3 Å². The van der Waals surface area contributed by atoms with E-state index in [2.05, 4.69) is 30.9 Å². The van der Waals surface area contributed by atoms with E-state index in [4.69, 9.17) is 8.85 Å². The lowest BCUT2D eigenvalue weighted by molar-refractivity contribution is -0.117. The maximum absolute atomic E-state index is 13.3. The fourth-order valence-electron chi connectivity index (χ4n) is 3.22. The van der Waals surface area contributed by atoms with Crippen molar-refractivity contribution in [3.8, 4) is 17.1 Å². The second-order valence-corrected chi connectivity index (χ2v) is 7.76. The van der Waals surface area contributed by atoms with Crippen molar-refractivity contribution in [3.05, 3.63) is 36.3 Å². The van der Waals surface area contributed by atoms with Crippen LogP contribution in [-0.2, 0) is 11.3 Å². The molecule has 1 aliphatic carbocycles. The lowest BCUT2D eigenvalue weighted by Gasteiger charge is -2.16. The lowest BCUT2D eigenvalue weighted by atomic mass is 10.1. The number of ether oxygens (including phenoxy) is 1. The van der Waals surface area contributed by atoms with E-state index < -0.39 is 25.2 Å². The Bertz CT molecular complexity index is 1330. The third-order valence-electron chi connectivity index (χ3n) is 5.04. The number of anilines is 3. The largest absolute Gasteiger partial charge is 0.433 e. The molecule has 0 atom stereocenters. The van der Waals surface area contributed by atoms with Crippen LogP contribution in [0.3, 0.4) is 0 Å². The minimum Gasteiger partial charge on any atom is -0.433 e. The highest BCUT2D eigenvalue weighted by Gasteiger charge is 2.30. The third kappa shape index (κ3) is 5.86. The van der Waals surface area contributed by atoms with Gasteiger partial charge in [0.2, 0.25) is 5.91 Å². The standard InChI is InChI=1S/C22H24F2N8O3/c1-3-8-32-11-26-19(31-32)13-6-7-14(16(9-13)35-22(23)24)27-15-10-17(28-20(33)12-4-5-12)29-30-18(15)21(34)25-2/h6-7,9-12,22H,3-5,8H2,1-2H3,(H,25,34)(H2,27,28,29,33)/i2D3. The molecule has 3 N–H and O–H groups in total. The summed E-state index contributed by atoms with van der Waals surface area (Å²) in [4.78, 5) is 29.0. The van der Waals surface area contributed by atoms with Crippen molar-refractivity contribution in [1.82, 2.24) is 30.3 Å². The smallest absolute Gasteiger partial charge is 0.387 e. The first-order valence-corrected chi connectivity index (χ1v) is 10.8. The van der Waals surface area contributed by atoms with Gasteiger partial charge in [0.05, 0.1) is 11.4 Å². The van der Waals surface area contributed by atoms with E-state index in [0.717, 1.165) is 19.3 Å². The molecule has 0 radical (unpaired) electrons. The third-order valence-corrected chi connectivity index (χ3v) is 5.04. The van der Waals surface area contributed by atoms with Crippen molar-refractivity contribution >= 4 is 29.0 Å². The summed E-state index contributed by atoms with van der Waals surface area (Å²) < 4.78 is 54.8. The zero-order valence-corrected chi connectivity index (χ0v) is 18.6. The topological polar surface area (TPSA) is 136 Å². The summed E-state index contributed by atoms with van der Waals surface area (Å²) in [5.41, 5.74) is -0.160. The summed E-state index contributed by atoms with van der Waals surface area (Å²) in [5, 5.41) is 19.0. The van der Waals surface area contributed by atoms with Gasteiger partial charge in [0.25, 0.3) is 5.91 Å². The van der Waals surface area contributed by atoms with E-state index in [9.17, 15) is 18.4 Å². The van der Waals surface area contributed by atoms with Crippen molar-refractivity contribution < 1.29 is 27.2 Å². The molecule has 1 saturated carbocycles. The summed E-state index contributed by atoms with van der Waals surface area (Å²) in [6.45, 7) is -3.41. The molecule has 0 unspecified atom stereocenters. The summed E-state index contributed by atoms with van der Waals surface area (Å²) in [6.07, 6.45) is 3.81. The Morgan fingerprint density at radius 2 is 2.09 bits per heavy atom. The van der Waals surface area contributed by atoms with Crippen LogP contribution in [0.4, 0.5) is 26.0 Å². The van der Waals surface area contributed by atoms with Crippen LogP contribution >= 0.6 is 0 Å². The molecule has 11 nitrogen and oxygen atoms in total. The Labute approximate surface area is 203 Å². The number of hydrogen-bond acceptors (Lipinski definition) is 8. The molecule has 1 fully saturated rings. The van der Waals surface area contributed by atoms with Gasteiger partial charge in [0, 0.05) is 35.2 Å². The fourth-order valence-corrected chi connectivity index (χ4v) is 3.22. The van der Waals surface area contributed by atoms with Crippen LogP contribution in [0.5, 0.6) is 5.75 Å². The average molecular weight is 490 g/mol. The maximum atomic E-state index is 13.3. The summed E-state index contributed by atoms with van der Waals surface area (Å²) in [7, 11) is 0. The van der Waals surface area contributed by atoms with E-state index in [0.29, 0.717) is 12.1 Å². The first kappa shape index (κ1) is 20.2. The number of carbonyl (C=O) groups excluding carboxylic acids is 2. The highest BCUT2D eigenvalue weighted by molar-refractivity contribution is 5.99. The van der Waals surface area contributed by atoms with Crippen LogP contribution in [0.25, 0.3) is 11.4 Å². The molecular formula is C22H24F2N8O3. The zero-order valence-electron chi connectivity index (χ0n) is 21.6. The molecule has 0 aliphatic heterocycles. The van der Waals surface area contributed by atoms with Gasteiger partial charge in [0.1, 0.15) is 12.1 Å². The van der Waals surface area contributed by atoms with Gasteiger partial charge in [-0.1, -0.05) is 6.92 Å². The van der Waals surface area contributed by atoms with E-state index in [1.807, 2.05) is 6.92 Å². The number of benzene rings is 1. The summed E-state index contributed by atoms with van der Waals surface area (Å²) >= 11 is 0. The monoisotopic (exact) mass is 489 g/mol. The Hall–Kier alpha value is -4.16. The van der Waals surface area contributed by atoms with Crippen LogP contribution in [0.1, 0.15) is 40.8 Å². The summed E-state index contributed by atoms with van der Waals surface area (Å²) in [6, 6.07) is 5.50. The van der Waals surface area contributed by atoms with Crippen LogP contribution < -0.4 is 20.7 Å². The SMILES string of the molecule is [2H]C([2H])([2H])NC(=O)c1nnc(NC(=O)C2CC2)cc1Nc1ccc(-c2ncn(CCC)n2)cc1OC(F)F. The van der Waals surface area contributed by atoms with Gasteiger partial charge in [0.15, 0.2) is 17.3 Å². The van der Waals surface area contributed by atoms with Gasteiger partial charge in [-0.3, -0.25) is 14.3 Å². The predicted octanol–water partition coefficient (Wildman–Crippen LogP) is 3.20. The Balaban J connectivity index is 1.69. The van der Waals surface area contributed by atoms with Crippen molar-refractivity contribution in [2.75, 3.05) is 17.6 Å². The molecule has 0 spiro atoms. The van der Waals surface area contributed by atoms with E-state index in [1.54, 1.807) is 16.1 Å². The Morgan fingerprint density at radius 3 is 2.80 bits per heavy atom. The minimum absolute atomic E-state index is 0.00237. The number of halogens is 2. The number of nitrogens with one attached hydrogen (secondary N) is 3. The molecule has 1 aliphatic rings. The molecule has 1 aromatic carbocycles. The van der Waals surface area contributed by atoms with Gasteiger partial charge in [-0.15, -0.1) is 10.2 Å². The molecule has 4 rings (SSSR count). The first-order valence-electron chi connectivity index (χ1n) is 12.3. The normalized spacial score (nSPS) is 14.6. The van der Waals surface area contributed by atoms with Crippen molar-refractivity contribution in [2.24, 2.45) is 5.92 Å². The minimum atomic E-state index is -3.18. The second kappa shape index (κ2) is 10.4. The van der Waals surface area contributed by atoms with E-state index in [-0.39, 0.29) is 40.6 Å². The summed E-state index contributed by atoms with van der Waals surface area (Å²) in [5.74, 6) is -1.57. The molecule has 0 saturated heterocycles. The number of rotatable bonds is 10. The highest BCUT2D eigenvalue weighted by atomic mass is 19.3. The molecule has 2 heterocycles. The van der Waals surface area contributed by atoms with Gasteiger partial charge >= 0.3 is 6.61 Å². The molecule has 184 valence electrons. The van der Waals surface area contributed by atoms with Gasteiger partial charge in [-0.2, -0.15) is 13.9 Å². The van der Waals surface area contributed by atoms with Crippen LogP contribution in [-0.4, -0.2) is 50.4 Å². The number of amides is 2. The van der Waals surface area contributed by atoms with Crippen LogP contribution in [0.2, 0.25) is 0 Å². The second-order valence-electron chi connectivity index (χ2n) is 7.76. The maximum Gasteiger partial charge on any atom is 0.387 e. The van der Waals surface area contributed by atoms with E-state index in [1.165, 1.54) is 24.5 Å². The Kier molecular flexibility index (Phi) is 6.02. The van der Waals surface area contributed by atoms with Gasteiger partial charge in [-0.25, -0.2) is 4.98 Å². The lowest BCUT2D eigenvalue weighted by Crippen LogP contribution is -2.22.